The highest BCUT2D eigenvalue weighted by Gasteiger charge is 2.20. The lowest BCUT2D eigenvalue weighted by atomic mass is 10.2. The van der Waals surface area contributed by atoms with Gasteiger partial charge in [0.15, 0.2) is 5.69 Å². The minimum atomic E-state index is -1.11. The normalized spacial score (nSPS) is 14.3. The molecule has 0 aliphatic rings. The molecule has 6 heteroatoms. The Balaban J connectivity index is 2.59. The summed E-state index contributed by atoms with van der Waals surface area (Å²) in [5.74, 6) is -1.11. The third-order valence-electron chi connectivity index (χ3n) is 2.81. The number of benzene rings is 1. The molecule has 100 valence electrons. The van der Waals surface area contributed by atoms with E-state index in [2.05, 4.69) is 10.2 Å². The lowest BCUT2D eigenvalue weighted by molar-refractivity contribution is 0.0685. The van der Waals surface area contributed by atoms with Crippen LogP contribution in [0.25, 0.3) is 10.9 Å². The Morgan fingerprint density at radius 3 is 2.58 bits per heavy atom. The van der Waals surface area contributed by atoms with E-state index < -0.39 is 12.1 Å². The number of carboxylic acid groups (broad SMARTS) is 1. The Labute approximate surface area is 114 Å². The number of aliphatic hydroxyl groups is 1. The Morgan fingerprint density at radius 2 is 1.95 bits per heavy atom. The van der Waals surface area contributed by atoms with Crippen LogP contribution in [0, 0.1) is 0 Å². The van der Waals surface area contributed by atoms with Gasteiger partial charge < -0.3 is 10.2 Å². The van der Waals surface area contributed by atoms with Crippen LogP contribution in [-0.4, -0.2) is 37.7 Å². The maximum atomic E-state index is 11.2. The molecule has 5 nitrogen and oxygen atoms in total. The molecule has 2 atom stereocenters. The van der Waals surface area contributed by atoms with Gasteiger partial charge in [-0.15, -0.1) is 22.0 Å². The van der Waals surface area contributed by atoms with Gasteiger partial charge in [0.25, 0.3) is 0 Å². The SMILES string of the molecule is CC(O)C(C)Sc1c(C(=O)O)nnc2ccccc12. The number of carbonyl (C=O) groups is 1. The second-order valence-electron chi connectivity index (χ2n) is 4.26. The summed E-state index contributed by atoms with van der Waals surface area (Å²) in [5, 5.41) is 27.1. The fourth-order valence-electron chi connectivity index (χ4n) is 1.57. The number of carboxylic acids is 1. The first-order chi connectivity index (χ1) is 9.00. The number of nitrogens with zero attached hydrogens (tertiary/aromatic N) is 2. The molecule has 0 saturated carbocycles. The minimum absolute atomic E-state index is 0.0730. The Kier molecular flexibility index (Phi) is 4.01. The average Bonchev–Trinajstić information content (AvgIpc) is 2.38. The van der Waals surface area contributed by atoms with Crippen LogP contribution in [-0.2, 0) is 0 Å². The van der Waals surface area contributed by atoms with Gasteiger partial charge in [0.2, 0.25) is 0 Å². The first-order valence-electron chi connectivity index (χ1n) is 5.84. The second kappa shape index (κ2) is 5.54. The second-order valence-corrected chi connectivity index (χ2v) is 5.65. The number of hydrogen-bond donors (Lipinski definition) is 2. The molecule has 2 aromatic rings. The maximum Gasteiger partial charge on any atom is 0.357 e. The molecule has 2 rings (SSSR count). The van der Waals surface area contributed by atoms with Crippen molar-refractivity contribution in [3.63, 3.8) is 0 Å². The highest BCUT2D eigenvalue weighted by atomic mass is 32.2. The molecule has 1 heterocycles. The van der Waals surface area contributed by atoms with Crippen molar-refractivity contribution in [2.45, 2.75) is 30.1 Å². The summed E-state index contributed by atoms with van der Waals surface area (Å²) in [6.45, 7) is 3.52. The van der Waals surface area contributed by atoms with Crippen LogP contribution >= 0.6 is 11.8 Å². The highest BCUT2D eigenvalue weighted by Crippen LogP contribution is 2.33. The fourth-order valence-corrected chi connectivity index (χ4v) is 2.68. The Hall–Kier alpha value is -1.66. The van der Waals surface area contributed by atoms with Crippen LogP contribution < -0.4 is 0 Å². The van der Waals surface area contributed by atoms with Gasteiger partial charge in [0, 0.05) is 10.6 Å². The molecule has 2 N–H and O–H groups in total. The van der Waals surface area contributed by atoms with E-state index in [1.807, 2.05) is 25.1 Å². The van der Waals surface area contributed by atoms with E-state index in [9.17, 15) is 15.0 Å². The van der Waals surface area contributed by atoms with Gasteiger partial charge in [-0.1, -0.05) is 25.1 Å². The molecule has 0 amide bonds. The van der Waals surface area contributed by atoms with Crippen molar-refractivity contribution in [3.8, 4) is 0 Å². The molecule has 0 spiro atoms. The molecule has 0 fully saturated rings. The summed E-state index contributed by atoms with van der Waals surface area (Å²) in [4.78, 5) is 11.8. The first kappa shape index (κ1) is 13.8. The van der Waals surface area contributed by atoms with Gasteiger partial charge in [0.1, 0.15) is 0 Å². The molecule has 0 aliphatic carbocycles. The van der Waals surface area contributed by atoms with Crippen molar-refractivity contribution in [2.75, 3.05) is 0 Å². The van der Waals surface area contributed by atoms with Gasteiger partial charge in [-0.2, -0.15) is 0 Å². The molecule has 2 unspecified atom stereocenters. The van der Waals surface area contributed by atoms with Gasteiger partial charge in [-0.3, -0.25) is 0 Å². The van der Waals surface area contributed by atoms with E-state index in [-0.39, 0.29) is 10.9 Å². The van der Waals surface area contributed by atoms with Crippen LogP contribution in [0.2, 0.25) is 0 Å². The third-order valence-corrected chi connectivity index (χ3v) is 4.22. The van der Waals surface area contributed by atoms with Gasteiger partial charge in [-0.25, -0.2) is 4.79 Å². The van der Waals surface area contributed by atoms with Gasteiger partial charge in [-0.05, 0) is 13.0 Å². The molecule has 0 aliphatic heterocycles. The number of aromatic carboxylic acids is 1. The van der Waals surface area contributed by atoms with Crippen molar-refractivity contribution in [1.82, 2.24) is 10.2 Å². The van der Waals surface area contributed by atoms with Crippen molar-refractivity contribution in [1.29, 1.82) is 0 Å². The fraction of sp³-hybridized carbons (Fsp3) is 0.308. The molecule has 1 aromatic heterocycles. The summed E-state index contributed by atoms with van der Waals surface area (Å²) in [5.41, 5.74) is 0.573. The van der Waals surface area contributed by atoms with E-state index >= 15 is 0 Å². The zero-order valence-electron chi connectivity index (χ0n) is 10.6. The predicted octanol–water partition coefficient (Wildman–Crippen LogP) is 2.19. The topological polar surface area (TPSA) is 83.3 Å². The van der Waals surface area contributed by atoms with Crippen LogP contribution in [0.3, 0.4) is 0 Å². The van der Waals surface area contributed by atoms with Gasteiger partial charge in [0.05, 0.1) is 16.5 Å². The van der Waals surface area contributed by atoms with Crippen LogP contribution in [0.4, 0.5) is 0 Å². The van der Waals surface area contributed by atoms with E-state index in [1.165, 1.54) is 11.8 Å². The Morgan fingerprint density at radius 1 is 1.26 bits per heavy atom. The number of aliphatic hydroxyl groups excluding tert-OH is 1. The molecule has 0 radical (unpaired) electrons. The standard InChI is InChI=1S/C13H14N2O3S/c1-7(16)8(2)19-12-9-5-3-4-6-10(9)14-15-11(12)13(17)18/h3-8,16H,1-2H3,(H,17,18). The van der Waals surface area contributed by atoms with Crippen molar-refractivity contribution in [2.24, 2.45) is 0 Å². The monoisotopic (exact) mass is 278 g/mol. The first-order valence-corrected chi connectivity index (χ1v) is 6.72. The minimum Gasteiger partial charge on any atom is -0.476 e. The average molecular weight is 278 g/mol. The summed E-state index contributed by atoms with van der Waals surface area (Å²) >= 11 is 1.30. The Bertz CT molecular complexity index is 616. The zero-order chi connectivity index (χ0) is 14.0. The van der Waals surface area contributed by atoms with Crippen molar-refractivity contribution < 1.29 is 15.0 Å². The third kappa shape index (κ3) is 2.85. The van der Waals surface area contributed by atoms with E-state index in [0.29, 0.717) is 10.4 Å². The smallest absolute Gasteiger partial charge is 0.357 e. The quantitative estimate of drug-likeness (QED) is 0.834. The summed E-state index contributed by atoms with van der Waals surface area (Å²) < 4.78 is 0. The van der Waals surface area contributed by atoms with Gasteiger partial charge >= 0.3 is 5.97 Å². The summed E-state index contributed by atoms with van der Waals surface area (Å²) in [6, 6.07) is 7.25. The van der Waals surface area contributed by atoms with E-state index in [4.69, 9.17) is 0 Å². The number of aromatic nitrogens is 2. The molecule has 19 heavy (non-hydrogen) atoms. The lowest BCUT2D eigenvalue weighted by Gasteiger charge is -2.16. The number of hydrogen-bond acceptors (Lipinski definition) is 5. The number of rotatable bonds is 4. The van der Waals surface area contributed by atoms with Crippen LogP contribution in [0.5, 0.6) is 0 Å². The number of thioether (sulfide) groups is 1. The lowest BCUT2D eigenvalue weighted by Crippen LogP contribution is -2.16. The predicted molar refractivity (Wildman–Crippen MR) is 73.5 cm³/mol. The van der Waals surface area contributed by atoms with E-state index in [0.717, 1.165) is 5.39 Å². The van der Waals surface area contributed by atoms with Crippen molar-refractivity contribution in [3.05, 3.63) is 30.0 Å². The maximum absolute atomic E-state index is 11.2. The highest BCUT2D eigenvalue weighted by molar-refractivity contribution is 8.00. The molecule has 0 bridgehead atoms. The van der Waals surface area contributed by atoms with Crippen molar-refractivity contribution >= 4 is 28.6 Å². The largest absolute Gasteiger partial charge is 0.476 e. The zero-order valence-corrected chi connectivity index (χ0v) is 11.4. The molecular formula is C13H14N2O3S. The van der Waals surface area contributed by atoms with Crippen LogP contribution in [0.1, 0.15) is 24.3 Å². The molecule has 1 aromatic carbocycles. The summed E-state index contributed by atoms with van der Waals surface area (Å²) in [6.07, 6.45) is -0.543. The molecule has 0 saturated heterocycles. The number of fused-ring (bicyclic) bond motifs is 1. The van der Waals surface area contributed by atoms with E-state index in [1.54, 1.807) is 13.0 Å². The summed E-state index contributed by atoms with van der Waals surface area (Å²) in [7, 11) is 0. The van der Waals surface area contributed by atoms with Crippen LogP contribution in [0.15, 0.2) is 29.2 Å². The molecular weight excluding hydrogens is 264 g/mol.